The van der Waals surface area contributed by atoms with Gasteiger partial charge in [0.2, 0.25) is 0 Å². The summed E-state index contributed by atoms with van der Waals surface area (Å²) < 4.78 is 5.52. The highest BCUT2D eigenvalue weighted by atomic mass is 16.5. The van der Waals surface area contributed by atoms with Crippen LogP contribution in [0.15, 0.2) is 0 Å². The van der Waals surface area contributed by atoms with Gasteiger partial charge >= 0.3 is 0 Å². The molecule has 0 aromatic rings. The van der Waals surface area contributed by atoms with Crippen LogP contribution in [0.3, 0.4) is 0 Å². The van der Waals surface area contributed by atoms with E-state index in [1.165, 1.54) is 0 Å². The summed E-state index contributed by atoms with van der Waals surface area (Å²) in [6.07, 6.45) is 2.92. The molecule has 0 aliphatic carbocycles. The Kier molecular flexibility index (Phi) is 2.89. The number of Topliss-reactive ketones (excluding diaryl/α,β-unsaturated/α-hetero) is 1. The Labute approximate surface area is 74.3 Å². The number of ether oxygens (including phenoxy) is 1. The van der Waals surface area contributed by atoms with E-state index in [9.17, 15) is 4.79 Å². The summed E-state index contributed by atoms with van der Waals surface area (Å²) in [6, 6.07) is 0. The van der Waals surface area contributed by atoms with Gasteiger partial charge in [-0.05, 0) is 12.8 Å². The van der Waals surface area contributed by atoms with Crippen LogP contribution in [0.5, 0.6) is 0 Å². The second-order valence-corrected chi connectivity index (χ2v) is 4.00. The van der Waals surface area contributed by atoms with Gasteiger partial charge in [0, 0.05) is 18.4 Å². The van der Waals surface area contributed by atoms with E-state index in [4.69, 9.17) is 4.74 Å². The largest absolute Gasteiger partial charge is 0.377 e. The summed E-state index contributed by atoms with van der Waals surface area (Å²) in [7, 11) is 0. The van der Waals surface area contributed by atoms with Gasteiger partial charge in [0.1, 0.15) is 5.78 Å². The van der Waals surface area contributed by atoms with Crippen molar-refractivity contribution in [1.82, 2.24) is 0 Å². The van der Waals surface area contributed by atoms with Crippen LogP contribution in [-0.2, 0) is 9.53 Å². The average molecular weight is 170 g/mol. The third kappa shape index (κ3) is 1.69. The molecule has 0 radical (unpaired) electrons. The summed E-state index contributed by atoms with van der Waals surface area (Å²) >= 11 is 0. The predicted octanol–water partition coefficient (Wildman–Crippen LogP) is 2.17. The molecule has 0 aromatic carbocycles. The fourth-order valence-electron chi connectivity index (χ4n) is 1.78. The Bertz CT molecular complexity index is 167. The van der Waals surface area contributed by atoms with E-state index in [2.05, 4.69) is 0 Å². The third-order valence-corrected chi connectivity index (χ3v) is 2.77. The quantitative estimate of drug-likeness (QED) is 0.649. The van der Waals surface area contributed by atoms with Crippen molar-refractivity contribution in [2.45, 2.75) is 46.1 Å². The summed E-state index contributed by atoms with van der Waals surface area (Å²) in [4.78, 5) is 11.5. The zero-order valence-corrected chi connectivity index (χ0v) is 8.22. The second-order valence-electron chi connectivity index (χ2n) is 4.00. The van der Waals surface area contributed by atoms with Gasteiger partial charge in [-0.3, -0.25) is 4.79 Å². The van der Waals surface area contributed by atoms with Crippen LogP contribution in [0.1, 0.15) is 40.0 Å². The van der Waals surface area contributed by atoms with Crippen molar-refractivity contribution in [3.05, 3.63) is 0 Å². The molecule has 0 amide bonds. The molecular weight excluding hydrogens is 152 g/mol. The number of hydrogen-bond acceptors (Lipinski definition) is 2. The molecule has 1 unspecified atom stereocenters. The lowest BCUT2D eigenvalue weighted by molar-refractivity contribution is -0.133. The molecule has 0 bridgehead atoms. The molecule has 1 rings (SSSR count). The predicted molar refractivity (Wildman–Crippen MR) is 48.1 cm³/mol. The summed E-state index contributed by atoms with van der Waals surface area (Å²) in [6.45, 7) is 6.73. The van der Waals surface area contributed by atoms with Gasteiger partial charge in [-0.2, -0.15) is 0 Å². The number of hydrogen-bond donors (Lipinski definition) is 0. The molecule has 1 atom stereocenters. The first-order valence-electron chi connectivity index (χ1n) is 4.74. The Morgan fingerprint density at radius 2 is 2.25 bits per heavy atom. The highest BCUT2D eigenvalue weighted by Gasteiger charge is 2.37. The van der Waals surface area contributed by atoms with Crippen molar-refractivity contribution >= 4 is 5.78 Å². The third-order valence-electron chi connectivity index (χ3n) is 2.77. The van der Waals surface area contributed by atoms with Crippen molar-refractivity contribution in [2.75, 3.05) is 6.61 Å². The Morgan fingerprint density at radius 3 is 2.67 bits per heavy atom. The second kappa shape index (κ2) is 3.56. The first-order valence-corrected chi connectivity index (χ1v) is 4.74. The maximum atomic E-state index is 11.5. The van der Waals surface area contributed by atoms with Crippen molar-refractivity contribution in [3.63, 3.8) is 0 Å². The monoisotopic (exact) mass is 170 g/mol. The zero-order valence-electron chi connectivity index (χ0n) is 8.22. The molecule has 1 aliphatic rings. The minimum Gasteiger partial charge on any atom is -0.377 e. The lowest BCUT2D eigenvalue weighted by atomic mass is 9.80. The Morgan fingerprint density at radius 1 is 1.58 bits per heavy atom. The van der Waals surface area contributed by atoms with Gasteiger partial charge < -0.3 is 4.74 Å². The Balaban J connectivity index is 2.62. The molecule has 1 saturated heterocycles. The zero-order chi connectivity index (χ0) is 9.19. The fraction of sp³-hybridized carbons (Fsp3) is 0.900. The molecule has 1 aliphatic heterocycles. The number of ketones is 1. The van der Waals surface area contributed by atoms with Crippen LogP contribution >= 0.6 is 0 Å². The minimum absolute atomic E-state index is 0.157. The molecule has 12 heavy (non-hydrogen) atoms. The van der Waals surface area contributed by atoms with Crippen LogP contribution in [0, 0.1) is 5.41 Å². The number of rotatable bonds is 3. The van der Waals surface area contributed by atoms with E-state index in [1.54, 1.807) is 0 Å². The smallest absolute Gasteiger partial charge is 0.140 e. The Hall–Kier alpha value is -0.370. The van der Waals surface area contributed by atoms with Crippen molar-refractivity contribution in [3.8, 4) is 0 Å². The topological polar surface area (TPSA) is 26.3 Å². The summed E-state index contributed by atoms with van der Waals surface area (Å²) in [5, 5.41) is 0. The fourth-order valence-corrected chi connectivity index (χ4v) is 1.78. The van der Waals surface area contributed by atoms with Gasteiger partial charge in [0.05, 0.1) is 6.10 Å². The van der Waals surface area contributed by atoms with Crippen molar-refractivity contribution in [1.29, 1.82) is 0 Å². The molecule has 1 fully saturated rings. The molecule has 2 heteroatoms. The van der Waals surface area contributed by atoms with Crippen LogP contribution < -0.4 is 0 Å². The van der Waals surface area contributed by atoms with Crippen molar-refractivity contribution in [2.24, 2.45) is 5.41 Å². The number of carbonyl (C=O) groups is 1. The lowest BCUT2D eigenvalue weighted by Crippen LogP contribution is -2.36. The van der Waals surface area contributed by atoms with E-state index in [0.29, 0.717) is 12.2 Å². The van der Waals surface area contributed by atoms with Gasteiger partial charge in [0.25, 0.3) is 0 Å². The molecule has 2 nitrogen and oxygen atoms in total. The van der Waals surface area contributed by atoms with Crippen LogP contribution in [0.2, 0.25) is 0 Å². The maximum Gasteiger partial charge on any atom is 0.140 e. The summed E-state index contributed by atoms with van der Waals surface area (Å²) in [5.41, 5.74) is -0.273. The molecule has 0 saturated carbocycles. The standard InChI is InChI=1S/C10H18O2/c1-4-8(11)10(2,3)9-6-5-7-12-9/h9H,4-7H2,1-3H3. The van der Waals surface area contributed by atoms with E-state index >= 15 is 0 Å². The highest BCUT2D eigenvalue weighted by Crippen LogP contribution is 2.32. The lowest BCUT2D eigenvalue weighted by Gasteiger charge is -2.28. The normalized spacial score (nSPS) is 24.4. The van der Waals surface area contributed by atoms with Gasteiger partial charge in [-0.1, -0.05) is 20.8 Å². The average Bonchev–Trinajstić information content (AvgIpc) is 2.55. The van der Waals surface area contributed by atoms with Gasteiger partial charge in [-0.25, -0.2) is 0 Å². The molecule has 70 valence electrons. The minimum atomic E-state index is -0.273. The SMILES string of the molecule is CCC(=O)C(C)(C)C1CCCO1. The first kappa shape index (κ1) is 9.72. The van der Waals surface area contributed by atoms with E-state index < -0.39 is 0 Å². The highest BCUT2D eigenvalue weighted by molar-refractivity contribution is 5.84. The van der Waals surface area contributed by atoms with Gasteiger partial charge in [0.15, 0.2) is 0 Å². The molecular formula is C10H18O2. The van der Waals surface area contributed by atoms with E-state index in [1.807, 2.05) is 20.8 Å². The maximum absolute atomic E-state index is 11.5. The number of carbonyl (C=O) groups excluding carboxylic acids is 1. The molecule has 0 N–H and O–H groups in total. The van der Waals surface area contributed by atoms with Gasteiger partial charge in [-0.15, -0.1) is 0 Å². The van der Waals surface area contributed by atoms with Crippen LogP contribution in [0.4, 0.5) is 0 Å². The van der Waals surface area contributed by atoms with Crippen molar-refractivity contribution < 1.29 is 9.53 Å². The van der Waals surface area contributed by atoms with Crippen LogP contribution in [-0.4, -0.2) is 18.5 Å². The molecule has 0 spiro atoms. The molecule has 1 heterocycles. The first-order chi connectivity index (χ1) is 5.59. The van der Waals surface area contributed by atoms with Crippen LogP contribution in [0.25, 0.3) is 0 Å². The molecule has 0 aromatic heterocycles. The van der Waals surface area contributed by atoms with E-state index in [-0.39, 0.29) is 11.5 Å². The van der Waals surface area contributed by atoms with E-state index in [0.717, 1.165) is 19.4 Å². The summed E-state index contributed by atoms with van der Waals surface area (Å²) in [5.74, 6) is 0.314.